The molecule has 3 N–H and O–H groups in total. The number of carbonyl (C=O) groups is 4. The molecule has 92 heavy (non-hydrogen) atoms. The molecule has 0 aliphatic carbocycles. The molecule has 0 aromatic rings. The van der Waals surface area contributed by atoms with Crippen molar-refractivity contribution in [1.29, 1.82) is 0 Å². The lowest BCUT2D eigenvalue weighted by atomic mass is 10.0. The van der Waals surface area contributed by atoms with E-state index in [9.17, 15) is 43.2 Å². The molecule has 0 saturated carbocycles. The summed E-state index contributed by atoms with van der Waals surface area (Å²) in [5, 5.41) is 10.6. The van der Waals surface area contributed by atoms with Crippen LogP contribution in [0.25, 0.3) is 0 Å². The fraction of sp³-hybridized carbons (Fsp3) is 0.808. The highest BCUT2D eigenvalue weighted by Crippen LogP contribution is 2.45. The average Bonchev–Trinajstić information content (AvgIpc) is 2.24. The number of hydrogen-bond acceptors (Lipinski definition) is 15. The molecule has 0 aromatic heterocycles. The van der Waals surface area contributed by atoms with Crippen LogP contribution in [0, 0.1) is 0 Å². The lowest BCUT2D eigenvalue weighted by molar-refractivity contribution is -0.161. The minimum atomic E-state index is -4.97. The number of phosphoric acid groups is 2. The van der Waals surface area contributed by atoms with E-state index in [1.165, 1.54) is 122 Å². The molecular weight excluding hydrogens is 1210 g/mol. The zero-order valence-electron chi connectivity index (χ0n) is 58.2. The van der Waals surface area contributed by atoms with Crippen molar-refractivity contribution in [3.8, 4) is 0 Å². The molecule has 0 spiro atoms. The van der Waals surface area contributed by atoms with Crippen LogP contribution in [0.1, 0.15) is 323 Å². The van der Waals surface area contributed by atoms with Crippen LogP contribution in [0.15, 0.2) is 60.8 Å². The molecule has 0 bridgehead atoms. The van der Waals surface area contributed by atoms with Crippen molar-refractivity contribution in [1.82, 2.24) is 0 Å². The van der Waals surface area contributed by atoms with Gasteiger partial charge >= 0.3 is 39.5 Å². The van der Waals surface area contributed by atoms with Crippen molar-refractivity contribution in [2.24, 2.45) is 0 Å². The third-order valence-corrected chi connectivity index (χ3v) is 17.4. The summed E-state index contributed by atoms with van der Waals surface area (Å²) < 4.78 is 68.2. The van der Waals surface area contributed by atoms with E-state index in [0.717, 1.165) is 122 Å². The van der Waals surface area contributed by atoms with Crippen LogP contribution in [-0.2, 0) is 65.4 Å². The molecule has 536 valence electrons. The van der Waals surface area contributed by atoms with Crippen molar-refractivity contribution < 1.29 is 80.2 Å². The molecule has 0 radical (unpaired) electrons. The van der Waals surface area contributed by atoms with E-state index in [4.69, 9.17) is 37.0 Å². The molecule has 0 aliphatic rings. The summed E-state index contributed by atoms with van der Waals surface area (Å²) in [5.74, 6) is -2.21. The first-order valence-corrected chi connectivity index (χ1v) is 39.5. The van der Waals surface area contributed by atoms with Crippen LogP contribution in [0.4, 0.5) is 0 Å². The fourth-order valence-electron chi connectivity index (χ4n) is 9.90. The maximum Gasteiger partial charge on any atom is 0.472 e. The number of hydrogen-bond donors (Lipinski definition) is 3. The molecular formula is C73H132O17P2. The Balaban J connectivity index is 5.32. The maximum atomic E-state index is 13.0. The molecule has 19 heteroatoms. The summed E-state index contributed by atoms with van der Waals surface area (Å²) in [6.07, 6.45) is 62.3. The van der Waals surface area contributed by atoms with E-state index in [1.54, 1.807) is 0 Å². The van der Waals surface area contributed by atoms with Crippen LogP contribution >= 0.6 is 15.6 Å². The molecule has 0 aliphatic heterocycles. The van der Waals surface area contributed by atoms with Crippen LogP contribution in [-0.4, -0.2) is 96.7 Å². The molecule has 0 fully saturated rings. The predicted molar refractivity (Wildman–Crippen MR) is 372 cm³/mol. The number of ether oxygens (including phenoxy) is 4. The van der Waals surface area contributed by atoms with Crippen molar-refractivity contribution in [3.05, 3.63) is 60.8 Å². The number of rotatable bonds is 69. The highest BCUT2D eigenvalue weighted by molar-refractivity contribution is 7.47. The van der Waals surface area contributed by atoms with Gasteiger partial charge in [0.1, 0.15) is 19.3 Å². The largest absolute Gasteiger partial charge is 0.472 e. The number of carbonyl (C=O) groups excluding carboxylic acids is 4. The smallest absolute Gasteiger partial charge is 0.462 e. The van der Waals surface area contributed by atoms with E-state index in [2.05, 4.69) is 88.5 Å². The Morgan fingerprint density at radius 2 is 0.576 bits per heavy atom. The zero-order chi connectivity index (χ0) is 67.5. The van der Waals surface area contributed by atoms with Crippen LogP contribution in [0.2, 0.25) is 0 Å². The molecule has 5 atom stereocenters. The number of allylic oxidation sites excluding steroid dienone is 10. The lowest BCUT2D eigenvalue weighted by Crippen LogP contribution is -2.30. The van der Waals surface area contributed by atoms with Crippen LogP contribution < -0.4 is 0 Å². The van der Waals surface area contributed by atoms with E-state index in [-0.39, 0.29) is 25.7 Å². The van der Waals surface area contributed by atoms with Gasteiger partial charge in [-0.15, -0.1) is 0 Å². The summed E-state index contributed by atoms with van der Waals surface area (Å²) in [6, 6.07) is 0. The first-order chi connectivity index (χ1) is 44.7. The second-order valence-electron chi connectivity index (χ2n) is 24.5. The Morgan fingerprint density at radius 1 is 0.315 bits per heavy atom. The van der Waals surface area contributed by atoms with Gasteiger partial charge in [-0.05, 0) is 83.5 Å². The van der Waals surface area contributed by atoms with E-state index in [0.29, 0.717) is 25.7 Å². The second kappa shape index (κ2) is 66.4. The predicted octanol–water partition coefficient (Wildman–Crippen LogP) is 20.3. The van der Waals surface area contributed by atoms with Gasteiger partial charge in [-0.2, -0.15) is 0 Å². The molecule has 0 rings (SSSR count). The molecule has 0 amide bonds. The van der Waals surface area contributed by atoms with Gasteiger partial charge in [-0.25, -0.2) is 9.13 Å². The second-order valence-corrected chi connectivity index (χ2v) is 27.4. The van der Waals surface area contributed by atoms with Gasteiger partial charge < -0.3 is 33.8 Å². The minimum Gasteiger partial charge on any atom is -0.462 e. The molecule has 17 nitrogen and oxygen atoms in total. The van der Waals surface area contributed by atoms with Crippen molar-refractivity contribution in [2.45, 2.75) is 341 Å². The molecule has 5 unspecified atom stereocenters. The van der Waals surface area contributed by atoms with Gasteiger partial charge in [-0.3, -0.25) is 37.3 Å². The Morgan fingerprint density at radius 3 is 0.935 bits per heavy atom. The van der Waals surface area contributed by atoms with E-state index in [1.807, 2.05) is 0 Å². The summed E-state index contributed by atoms with van der Waals surface area (Å²) in [7, 11) is -9.93. The topological polar surface area (TPSA) is 237 Å². The fourth-order valence-corrected chi connectivity index (χ4v) is 11.5. The lowest BCUT2D eigenvalue weighted by Gasteiger charge is -2.21. The minimum absolute atomic E-state index is 0.0783. The van der Waals surface area contributed by atoms with E-state index >= 15 is 0 Å². The number of aliphatic hydroxyl groups excluding tert-OH is 1. The summed E-state index contributed by atoms with van der Waals surface area (Å²) in [5.41, 5.74) is 0. The Bertz CT molecular complexity index is 1990. The number of phosphoric ester groups is 2. The van der Waals surface area contributed by atoms with Gasteiger partial charge in [0, 0.05) is 25.7 Å². The Hall–Kier alpha value is -3.24. The number of unbranched alkanes of at least 4 members (excludes halogenated alkanes) is 33. The third-order valence-electron chi connectivity index (χ3n) is 15.5. The maximum absolute atomic E-state index is 13.0. The van der Waals surface area contributed by atoms with Crippen LogP contribution in [0.5, 0.6) is 0 Å². The zero-order valence-corrected chi connectivity index (χ0v) is 60.0. The monoisotopic (exact) mass is 1340 g/mol. The molecule has 0 heterocycles. The van der Waals surface area contributed by atoms with Crippen molar-refractivity contribution in [2.75, 3.05) is 39.6 Å². The van der Waals surface area contributed by atoms with Crippen LogP contribution in [0.3, 0.4) is 0 Å². The van der Waals surface area contributed by atoms with Gasteiger partial charge in [0.25, 0.3) is 0 Å². The quantitative estimate of drug-likeness (QED) is 0.0169. The number of aliphatic hydroxyl groups is 1. The first-order valence-electron chi connectivity index (χ1n) is 36.5. The summed E-state index contributed by atoms with van der Waals surface area (Å²) in [4.78, 5) is 72.6. The third kappa shape index (κ3) is 65.4. The molecule has 0 aromatic carbocycles. The first kappa shape index (κ1) is 88.8. The van der Waals surface area contributed by atoms with E-state index < -0.39 is 97.5 Å². The van der Waals surface area contributed by atoms with Gasteiger partial charge in [0.05, 0.1) is 26.4 Å². The normalized spacial score (nSPS) is 14.4. The Labute approximate surface area is 559 Å². The SMILES string of the molecule is CC/C=C\C/C=C\C/C=C\C/C=C\CCCCC(=O)OCC(COP(=O)(O)OCC(O)COP(=O)(O)OCC(COC(=O)CCCCCCCCCCCCCCC)OC(=O)CCCCCCCCCCCCCCC)OC(=O)CCCCCCC/C=C\CCCC. The van der Waals surface area contributed by atoms with Crippen molar-refractivity contribution in [3.63, 3.8) is 0 Å². The molecule has 0 saturated heterocycles. The highest BCUT2D eigenvalue weighted by Gasteiger charge is 2.30. The summed E-state index contributed by atoms with van der Waals surface area (Å²) in [6.45, 7) is 4.69. The highest BCUT2D eigenvalue weighted by atomic mass is 31.2. The average molecular weight is 1340 g/mol. The standard InChI is InChI=1S/C73H132O17P2/c1-5-9-13-17-21-25-29-32-33-36-39-42-46-50-54-58-71(76)84-63-68(89-72(77)59-55-51-47-43-37-28-24-20-16-12-8-4)65-87-91(79,80)85-61-67(74)62-86-92(81,82)88-66-69(90-73(78)60-56-52-48-44-40-35-31-27-23-19-15-11-7-3)64-83-70(75)57-53-49-45-41-38-34-30-26-22-18-14-10-6-2/h9,13,20-21,24-25,32-33,39,42,67-69,74H,5-8,10-12,14-19,22-23,26-31,34-38,40-41,43-66H2,1-4H3,(H,79,80)(H,81,82)/b13-9-,24-20-,25-21-,33-32-,42-39-. The van der Waals surface area contributed by atoms with Crippen molar-refractivity contribution >= 4 is 39.5 Å². The van der Waals surface area contributed by atoms with Gasteiger partial charge in [-0.1, -0.05) is 275 Å². The number of esters is 4. The Kier molecular flexibility index (Phi) is 64.0. The van der Waals surface area contributed by atoms with Gasteiger partial charge in [0.15, 0.2) is 12.2 Å². The summed E-state index contributed by atoms with van der Waals surface area (Å²) >= 11 is 0. The van der Waals surface area contributed by atoms with Gasteiger partial charge in [0.2, 0.25) is 0 Å².